The van der Waals surface area contributed by atoms with Gasteiger partial charge in [0.25, 0.3) is 0 Å². The Labute approximate surface area is 192 Å². The van der Waals surface area contributed by atoms with Crippen LogP contribution in [0.5, 0.6) is 0 Å². The number of nitrogens with one attached hydrogen (secondary N) is 4. The highest BCUT2D eigenvalue weighted by atomic mass is 79.9. The molecule has 154 valence electrons. The highest BCUT2D eigenvalue weighted by molar-refractivity contribution is 8.93. The van der Waals surface area contributed by atoms with Crippen molar-refractivity contribution in [2.24, 2.45) is 5.92 Å². The maximum atomic E-state index is 3.51. The Morgan fingerprint density at radius 1 is 0.583 bits per heavy atom. The zero-order chi connectivity index (χ0) is 14.9. The highest BCUT2D eigenvalue weighted by Gasteiger charge is 1.96. The summed E-state index contributed by atoms with van der Waals surface area (Å²) in [5, 5.41) is 13.8. The van der Waals surface area contributed by atoms with Gasteiger partial charge in [-0.15, -0.1) is 67.9 Å². The molecule has 0 aromatic rings. The number of hydrogen-bond donors (Lipinski definition) is 4. The molecular formula is C16H42Br4N4. The van der Waals surface area contributed by atoms with Gasteiger partial charge in [-0.3, -0.25) is 0 Å². The zero-order valence-corrected chi connectivity index (χ0v) is 22.5. The van der Waals surface area contributed by atoms with Crippen LogP contribution in [0.1, 0.15) is 46.5 Å². The lowest BCUT2D eigenvalue weighted by molar-refractivity contribution is 0.488. The van der Waals surface area contributed by atoms with E-state index in [0.29, 0.717) is 0 Å². The van der Waals surface area contributed by atoms with Gasteiger partial charge in [-0.25, -0.2) is 0 Å². The molecule has 0 saturated heterocycles. The van der Waals surface area contributed by atoms with Crippen LogP contribution in [0.25, 0.3) is 0 Å². The molecule has 1 atom stereocenters. The SMILES string of the molecule is Br.Br.Br.Br.CCNCCCNCCCNCCCNC[C@@H](C)CC. The monoisotopic (exact) mass is 606 g/mol. The van der Waals surface area contributed by atoms with E-state index in [-0.39, 0.29) is 67.9 Å². The van der Waals surface area contributed by atoms with Crippen molar-refractivity contribution in [1.29, 1.82) is 0 Å². The number of hydrogen-bond acceptors (Lipinski definition) is 4. The van der Waals surface area contributed by atoms with Crippen LogP contribution in [0.2, 0.25) is 0 Å². The topological polar surface area (TPSA) is 48.1 Å². The predicted molar refractivity (Wildman–Crippen MR) is 132 cm³/mol. The molecule has 0 aliphatic rings. The summed E-state index contributed by atoms with van der Waals surface area (Å²) in [7, 11) is 0. The minimum atomic E-state index is 0. The van der Waals surface area contributed by atoms with Crippen LogP contribution >= 0.6 is 67.9 Å². The normalized spacial score (nSPS) is 10.6. The second-order valence-corrected chi connectivity index (χ2v) is 5.63. The van der Waals surface area contributed by atoms with Crippen molar-refractivity contribution in [1.82, 2.24) is 21.3 Å². The fraction of sp³-hybridized carbons (Fsp3) is 1.00. The molecule has 0 aromatic carbocycles. The summed E-state index contributed by atoms with van der Waals surface area (Å²) < 4.78 is 0. The van der Waals surface area contributed by atoms with Crippen molar-refractivity contribution in [2.45, 2.75) is 46.5 Å². The third kappa shape index (κ3) is 31.5. The Morgan fingerprint density at radius 2 is 0.958 bits per heavy atom. The van der Waals surface area contributed by atoms with E-state index >= 15 is 0 Å². The summed E-state index contributed by atoms with van der Waals surface area (Å²) in [6.07, 6.45) is 4.95. The molecule has 0 heterocycles. The van der Waals surface area contributed by atoms with Crippen molar-refractivity contribution in [3.63, 3.8) is 0 Å². The third-order valence-electron chi connectivity index (χ3n) is 3.56. The van der Waals surface area contributed by atoms with E-state index in [9.17, 15) is 0 Å². The molecule has 4 nitrogen and oxygen atoms in total. The first-order valence-electron chi connectivity index (χ1n) is 8.64. The predicted octanol–water partition coefficient (Wildman–Crippen LogP) is 3.89. The lowest BCUT2D eigenvalue weighted by atomic mass is 10.1. The highest BCUT2D eigenvalue weighted by Crippen LogP contribution is 1.96. The number of halogens is 4. The van der Waals surface area contributed by atoms with Crippen LogP contribution in [0.15, 0.2) is 0 Å². The lowest BCUT2D eigenvalue weighted by Gasteiger charge is -2.10. The Kier molecular flexibility index (Phi) is 49.5. The molecule has 0 rings (SSSR count). The first-order chi connectivity index (χ1) is 9.81. The molecule has 0 aromatic heterocycles. The van der Waals surface area contributed by atoms with E-state index in [1.165, 1.54) is 25.7 Å². The van der Waals surface area contributed by atoms with Crippen molar-refractivity contribution >= 4 is 67.9 Å². The Morgan fingerprint density at radius 3 is 1.33 bits per heavy atom. The van der Waals surface area contributed by atoms with Gasteiger partial charge in [-0.2, -0.15) is 0 Å². The van der Waals surface area contributed by atoms with Gasteiger partial charge >= 0.3 is 0 Å². The van der Waals surface area contributed by atoms with E-state index < -0.39 is 0 Å². The van der Waals surface area contributed by atoms with Crippen molar-refractivity contribution in [3.05, 3.63) is 0 Å². The first kappa shape index (κ1) is 36.6. The van der Waals surface area contributed by atoms with Gasteiger partial charge < -0.3 is 21.3 Å². The summed E-state index contributed by atoms with van der Waals surface area (Å²) in [6, 6.07) is 0. The second kappa shape index (κ2) is 32.4. The van der Waals surface area contributed by atoms with E-state index in [4.69, 9.17) is 0 Å². The summed E-state index contributed by atoms with van der Waals surface area (Å²) in [4.78, 5) is 0. The molecule has 0 radical (unpaired) electrons. The summed E-state index contributed by atoms with van der Waals surface area (Å²) >= 11 is 0. The van der Waals surface area contributed by atoms with E-state index in [0.717, 1.165) is 58.3 Å². The van der Waals surface area contributed by atoms with E-state index in [1.807, 2.05) is 0 Å². The molecule has 0 aliphatic carbocycles. The van der Waals surface area contributed by atoms with Gasteiger partial charge in [-0.05, 0) is 77.5 Å². The van der Waals surface area contributed by atoms with Gasteiger partial charge in [0.05, 0.1) is 0 Å². The summed E-state index contributed by atoms with van der Waals surface area (Å²) in [5.41, 5.74) is 0. The van der Waals surface area contributed by atoms with Crippen LogP contribution in [0, 0.1) is 5.92 Å². The van der Waals surface area contributed by atoms with Crippen LogP contribution in [0.4, 0.5) is 0 Å². The smallest absolute Gasteiger partial charge is 0.00232 e. The maximum absolute atomic E-state index is 3.51. The van der Waals surface area contributed by atoms with Crippen LogP contribution in [-0.4, -0.2) is 52.4 Å². The maximum Gasteiger partial charge on any atom is -0.00232 e. The van der Waals surface area contributed by atoms with Crippen LogP contribution in [-0.2, 0) is 0 Å². The van der Waals surface area contributed by atoms with Gasteiger partial charge in [0, 0.05) is 0 Å². The van der Waals surface area contributed by atoms with Crippen LogP contribution in [0.3, 0.4) is 0 Å². The molecule has 0 amide bonds. The van der Waals surface area contributed by atoms with E-state index in [1.54, 1.807) is 0 Å². The zero-order valence-electron chi connectivity index (χ0n) is 15.7. The van der Waals surface area contributed by atoms with E-state index in [2.05, 4.69) is 42.0 Å². The fourth-order valence-corrected chi connectivity index (χ4v) is 1.93. The second-order valence-electron chi connectivity index (χ2n) is 5.63. The lowest BCUT2D eigenvalue weighted by Crippen LogP contribution is -2.27. The van der Waals surface area contributed by atoms with Crippen molar-refractivity contribution < 1.29 is 0 Å². The molecule has 0 bridgehead atoms. The van der Waals surface area contributed by atoms with Gasteiger partial charge in [0.2, 0.25) is 0 Å². The molecule has 0 saturated carbocycles. The average Bonchev–Trinajstić information content (AvgIpc) is 2.47. The Bertz CT molecular complexity index is 191. The van der Waals surface area contributed by atoms with Crippen molar-refractivity contribution in [2.75, 3.05) is 52.4 Å². The minimum Gasteiger partial charge on any atom is -0.317 e. The standard InChI is InChI=1S/C16H38N4.4BrH/c1-4-16(3)15-20-14-8-13-19-12-7-11-18-10-6-9-17-5-2;;;;/h16-20H,4-15H2,1-3H3;4*1H/t16-;;;;/m0..../s1. The largest absolute Gasteiger partial charge is 0.317 e. The first-order valence-corrected chi connectivity index (χ1v) is 8.64. The molecule has 0 aliphatic heterocycles. The third-order valence-corrected chi connectivity index (χ3v) is 3.56. The van der Waals surface area contributed by atoms with Gasteiger partial charge in [0.1, 0.15) is 0 Å². The number of rotatable bonds is 16. The molecule has 0 unspecified atom stereocenters. The van der Waals surface area contributed by atoms with Gasteiger partial charge in [-0.1, -0.05) is 27.2 Å². The quantitative estimate of drug-likeness (QED) is 0.201. The van der Waals surface area contributed by atoms with Crippen LogP contribution < -0.4 is 21.3 Å². The molecule has 0 fully saturated rings. The molecule has 4 N–H and O–H groups in total. The molecule has 8 heteroatoms. The Balaban J connectivity index is -0.000000301. The minimum absolute atomic E-state index is 0. The van der Waals surface area contributed by atoms with Gasteiger partial charge in [0.15, 0.2) is 0 Å². The fourth-order valence-electron chi connectivity index (χ4n) is 1.93. The Hall–Kier alpha value is 1.76. The summed E-state index contributed by atoms with van der Waals surface area (Å²) in [5.74, 6) is 0.807. The summed E-state index contributed by atoms with van der Waals surface area (Å²) in [6.45, 7) is 15.7. The molecule has 24 heavy (non-hydrogen) atoms. The average molecular weight is 610 g/mol. The molecular weight excluding hydrogens is 568 g/mol. The van der Waals surface area contributed by atoms with Crippen molar-refractivity contribution in [3.8, 4) is 0 Å². The molecule has 0 spiro atoms.